The number of aromatic nitrogens is 2. The fourth-order valence-electron chi connectivity index (χ4n) is 2.94. The maximum absolute atomic E-state index is 10.8. The van der Waals surface area contributed by atoms with Crippen LogP contribution in [0.15, 0.2) is 12.4 Å². The van der Waals surface area contributed by atoms with Crippen molar-refractivity contribution in [3.05, 3.63) is 18.0 Å². The molecule has 1 N–H and O–H groups in total. The van der Waals surface area contributed by atoms with E-state index in [4.69, 9.17) is 0 Å². The predicted octanol–water partition coefficient (Wildman–Crippen LogP) is 2.07. The summed E-state index contributed by atoms with van der Waals surface area (Å²) in [6, 6.07) is 0.574. The van der Waals surface area contributed by atoms with E-state index >= 15 is 0 Å². The highest BCUT2D eigenvalue weighted by Gasteiger charge is 2.31. The lowest BCUT2D eigenvalue weighted by Gasteiger charge is -2.27. The number of hydrogen-bond acceptors (Lipinski definition) is 3. The Labute approximate surface area is 116 Å². The first kappa shape index (κ1) is 14.5. The minimum absolute atomic E-state index is 0.550. The van der Waals surface area contributed by atoms with Crippen LogP contribution in [0.1, 0.15) is 45.6 Å². The lowest BCUT2D eigenvalue weighted by molar-refractivity contribution is 0.0248. The molecule has 0 aromatic carbocycles. The van der Waals surface area contributed by atoms with E-state index in [-0.39, 0.29) is 0 Å². The van der Waals surface area contributed by atoms with E-state index in [1.807, 2.05) is 10.9 Å². The zero-order chi connectivity index (χ0) is 13.9. The smallest absolute Gasteiger partial charge is 0.0701 e. The molecule has 0 spiro atoms. The molecule has 1 atom stereocenters. The highest BCUT2D eigenvalue weighted by molar-refractivity contribution is 5.09. The molecule has 1 aliphatic rings. The Bertz CT molecular complexity index is 402. The number of hydrogen-bond donors (Lipinski definition) is 1. The van der Waals surface area contributed by atoms with Gasteiger partial charge in [-0.2, -0.15) is 5.10 Å². The largest absolute Gasteiger partial charge is 0.389 e. The van der Waals surface area contributed by atoms with E-state index in [0.29, 0.717) is 6.04 Å². The molecule has 1 aliphatic heterocycles. The summed E-state index contributed by atoms with van der Waals surface area (Å²) < 4.78 is 1.93. The molecule has 19 heavy (non-hydrogen) atoms. The summed E-state index contributed by atoms with van der Waals surface area (Å²) in [6.07, 6.45) is 7.53. The van der Waals surface area contributed by atoms with E-state index in [0.717, 1.165) is 50.9 Å². The Morgan fingerprint density at radius 3 is 2.79 bits per heavy atom. The Kier molecular flexibility index (Phi) is 4.63. The monoisotopic (exact) mass is 265 g/mol. The zero-order valence-corrected chi connectivity index (χ0v) is 12.5. The highest BCUT2D eigenvalue weighted by Crippen LogP contribution is 2.27. The van der Waals surface area contributed by atoms with Gasteiger partial charge in [-0.1, -0.05) is 0 Å². The molecule has 1 fully saturated rings. The fraction of sp³-hybridized carbons (Fsp3) is 0.800. The molecule has 2 rings (SSSR count). The van der Waals surface area contributed by atoms with Crippen LogP contribution in [0.3, 0.4) is 0 Å². The molecule has 0 radical (unpaired) electrons. The van der Waals surface area contributed by atoms with Gasteiger partial charge in [0.2, 0.25) is 0 Å². The molecule has 1 saturated heterocycles. The summed E-state index contributed by atoms with van der Waals surface area (Å²) in [7, 11) is 0. The molecule has 0 aliphatic carbocycles. The fourth-order valence-corrected chi connectivity index (χ4v) is 2.94. The minimum Gasteiger partial charge on any atom is -0.389 e. The first-order valence-electron chi connectivity index (χ1n) is 7.50. The highest BCUT2D eigenvalue weighted by atomic mass is 16.3. The van der Waals surface area contributed by atoms with Crippen LogP contribution in [0.2, 0.25) is 0 Å². The van der Waals surface area contributed by atoms with Crippen LogP contribution in [0.5, 0.6) is 0 Å². The Balaban J connectivity index is 1.98. The van der Waals surface area contributed by atoms with E-state index in [9.17, 15) is 5.11 Å². The van der Waals surface area contributed by atoms with E-state index < -0.39 is 5.60 Å². The zero-order valence-electron chi connectivity index (χ0n) is 12.5. The molecular formula is C15H27N3O. The first-order chi connectivity index (χ1) is 9.02. The Morgan fingerprint density at radius 1 is 1.37 bits per heavy atom. The second kappa shape index (κ2) is 6.06. The van der Waals surface area contributed by atoms with Gasteiger partial charge in [-0.3, -0.25) is 4.68 Å². The van der Waals surface area contributed by atoms with Crippen molar-refractivity contribution in [3.8, 4) is 0 Å². The molecule has 4 heteroatoms. The summed E-state index contributed by atoms with van der Waals surface area (Å²) in [5.74, 6) is 0. The molecule has 4 nitrogen and oxygen atoms in total. The van der Waals surface area contributed by atoms with Gasteiger partial charge in [0.1, 0.15) is 0 Å². The number of aryl methyl sites for hydroxylation is 1. The van der Waals surface area contributed by atoms with Crippen LogP contribution in [0, 0.1) is 0 Å². The molecule has 1 aromatic rings. The maximum Gasteiger partial charge on any atom is 0.0701 e. The van der Waals surface area contributed by atoms with Crippen molar-refractivity contribution < 1.29 is 5.11 Å². The van der Waals surface area contributed by atoms with Crippen molar-refractivity contribution >= 4 is 0 Å². The summed E-state index contributed by atoms with van der Waals surface area (Å²) in [6.45, 7) is 9.53. The molecule has 0 amide bonds. The van der Waals surface area contributed by atoms with Crippen molar-refractivity contribution in [2.45, 2.75) is 64.6 Å². The third-order valence-corrected chi connectivity index (χ3v) is 4.23. The minimum atomic E-state index is -0.550. The quantitative estimate of drug-likeness (QED) is 0.906. The van der Waals surface area contributed by atoms with Crippen LogP contribution in [-0.2, 0) is 13.0 Å². The maximum atomic E-state index is 10.8. The van der Waals surface area contributed by atoms with E-state index in [1.165, 1.54) is 0 Å². The molecule has 1 aromatic heterocycles. The van der Waals surface area contributed by atoms with Gasteiger partial charge in [-0.25, -0.2) is 0 Å². The topological polar surface area (TPSA) is 41.3 Å². The van der Waals surface area contributed by atoms with Crippen molar-refractivity contribution in [2.75, 3.05) is 13.1 Å². The number of nitrogens with zero attached hydrogens (tertiary/aromatic N) is 3. The number of likely N-dealkylation sites (tertiary alicyclic amines) is 1. The number of rotatable bonds is 4. The van der Waals surface area contributed by atoms with Gasteiger partial charge in [0, 0.05) is 31.7 Å². The third-order valence-electron chi connectivity index (χ3n) is 4.23. The summed E-state index contributed by atoms with van der Waals surface area (Å²) in [5.41, 5.74) is 0.605. The SMILES string of the molecule is CCn1cc(CC2(O)CCCN(C(C)C)CC2)cn1. The van der Waals surface area contributed by atoms with Crippen molar-refractivity contribution in [2.24, 2.45) is 0 Å². The summed E-state index contributed by atoms with van der Waals surface area (Å²) in [4.78, 5) is 2.47. The predicted molar refractivity (Wildman–Crippen MR) is 77.1 cm³/mol. The van der Waals surface area contributed by atoms with Gasteiger partial charge in [0.15, 0.2) is 0 Å². The molecule has 0 saturated carbocycles. The van der Waals surface area contributed by atoms with Crippen LogP contribution in [0.25, 0.3) is 0 Å². The van der Waals surface area contributed by atoms with Gasteiger partial charge in [0.05, 0.1) is 11.8 Å². The van der Waals surface area contributed by atoms with Crippen LogP contribution >= 0.6 is 0 Å². The second-order valence-corrected chi connectivity index (χ2v) is 6.09. The van der Waals surface area contributed by atoms with Crippen molar-refractivity contribution in [1.29, 1.82) is 0 Å². The number of aliphatic hydroxyl groups is 1. The van der Waals surface area contributed by atoms with Crippen LogP contribution in [-0.4, -0.2) is 44.5 Å². The Morgan fingerprint density at radius 2 is 2.16 bits per heavy atom. The molecular weight excluding hydrogens is 238 g/mol. The van der Waals surface area contributed by atoms with Gasteiger partial charge < -0.3 is 10.0 Å². The van der Waals surface area contributed by atoms with Gasteiger partial charge in [0.25, 0.3) is 0 Å². The third kappa shape index (κ3) is 3.80. The molecule has 108 valence electrons. The second-order valence-electron chi connectivity index (χ2n) is 6.09. The average Bonchev–Trinajstić information content (AvgIpc) is 2.71. The molecule has 0 bridgehead atoms. The standard InChI is InChI=1S/C15H27N3O/c1-4-18-12-14(11-16-18)10-15(19)6-5-8-17(9-7-15)13(2)3/h11-13,19H,4-10H2,1-3H3. The van der Waals surface area contributed by atoms with Gasteiger partial charge >= 0.3 is 0 Å². The lowest BCUT2D eigenvalue weighted by Crippen LogP contribution is -2.35. The molecule has 2 heterocycles. The van der Waals surface area contributed by atoms with Gasteiger partial charge in [-0.15, -0.1) is 0 Å². The van der Waals surface area contributed by atoms with Crippen LogP contribution in [0.4, 0.5) is 0 Å². The van der Waals surface area contributed by atoms with Gasteiger partial charge in [-0.05, 0) is 52.1 Å². The molecule has 1 unspecified atom stereocenters. The first-order valence-corrected chi connectivity index (χ1v) is 7.50. The lowest BCUT2D eigenvalue weighted by atomic mass is 9.89. The van der Waals surface area contributed by atoms with Crippen molar-refractivity contribution in [1.82, 2.24) is 14.7 Å². The van der Waals surface area contributed by atoms with Crippen LogP contribution < -0.4 is 0 Å². The van der Waals surface area contributed by atoms with E-state index in [2.05, 4.69) is 37.0 Å². The van der Waals surface area contributed by atoms with Crippen molar-refractivity contribution in [3.63, 3.8) is 0 Å². The average molecular weight is 265 g/mol. The summed E-state index contributed by atoms with van der Waals surface area (Å²) in [5, 5.41) is 15.1. The Hall–Kier alpha value is -0.870. The summed E-state index contributed by atoms with van der Waals surface area (Å²) >= 11 is 0. The van der Waals surface area contributed by atoms with E-state index in [1.54, 1.807) is 0 Å². The normalized spacial score (nSPS) is 25.7.